The molecule has 0 unspecified atom stereocenters. The minimum atomic E-state index is -0.418. The third-order valence-electron chi connectivity index (χ3n) is 6.16. The average Bonchev–Trinajstić information content (AvgIpc) is 3.14. The fraction of sp³-hybridized carbons (Fsp3) is 0.560. The highest BCUT2D eigenvalue weighted by Crippen LogP contribution is 2.46. The van der Waals surface area contributed by atoms with E-state index in [4.69, 9.17) is 4.42 Å². The molecule has 29 heavy (non-hydrogen) atoms. The molecule has 0 radical (unpaired) electrons. The van der Waals surface area contributed by atoms with Crippen LogP contribution in [0.4, 0.5) is 0 Å². The minimum Gasteiger partial charge on any atom is -0.506 e. The molecule has 0 spiro atoms. The first-order valence-electron chi connectivity index (χ1n) is 11.0. The first kappa shape index (κ1) is 22.0. The Balaban J connectivity index is 1.90. The Bertz CT molecular complexity index is 876. The van der Waals surface area contributed by atoms with E-state index in [9.17, 15) is 9.90 Å². The van der Waals surface area contributed by atoms with Crippen LogP contribution in [0.1, 0.15) is 89.9 Å². The Morgan fingerprint density at radius 1 is 1.14 bits per heavy atom. The second-order valence-electron chi connectivity index (χ2n) is 9.18. The Kier molecular flexibility index (Phi) is 7.15. The Morgan fingerprint density at radius 2 is 1.83 bits per heavy atom. The smallest absolute Gasteiger partial charge is 0.353 e. The lowest BCUT2D eigenvalue weighted by Gasteiger charge is -2.28. The van der Waals surface area contributed by atoms with Crippen LogP contribution in [0.25, 0.3) is 0 Å². The highest BCUT2D eigenvalue weighted by Gasteiger charge is 2.38. The molecule has 0 saturated heterocycles. The third-order valence-corrected chi connectivity index (χ3v) is 7.33. The largest absolute Gasteiger partial charge is 0.506 e. The highest BCUT2D eigenvalue weighted by molar-refractivity contribution is 7.99. The van der Waals surface area contributed by atoms with Gasteiger partial charge < -0.3 is 9.52 Å². The second kappa shape index (κ2) is 9.42. The molecule has 1 aromatic heterocycles. The zero-order chi connectivity index (χ0) is 21.0. The molecule has 1 N–H and O–H groups in total. The third kappa shape index (κ3) is 5.09. The molecule has 0 bridgehead atoms. The lowest BCUT2D eigenvalue weighted by atomic mass is 9.78. The van der Waals surface area contributed by atoms with Crippen LogP contribution in [0.3, 0.4) is 0 Å². The van der Waals surface area contributed by atoms with Crippen LogP contribution in [0.15, 0.2) is 49.3 Å². The fourth-order valence-corrected chi connectivity index (χ4v) is 5.58. The summed E-state index contributed by atoms with van der Waals surface area (Å²) < 4.78 is 5.87. The van der Waals surface area contributed by atoms with Gasteiger partial charge in [-0.15, -0.1) is 0 Å². The van der Waals surface area contributed by atoms with E-state index in [-0.39, 0.29) is 16.1 Å². The molecule has 1 aliphatic rings. The van der Waals surface area contributed by atoms with Crippen LogP contribution in [0, 0.1) is 5.92 Å². The highest BCUT2D eigenvalue weighted by atomic mass is 32.2. The zero-order valence-corrected chi connectivity index (χ0v) is 19.0. The molecule has 2 aromatic rings. The molecular formula is C25H34O3S. The van der Waals surface area contributed by atoms with Crippen molar-refractivity contribution in [1.82, 2.24) is 0 Å². The van der Waals surface area contributed by atoms with E-state index >= 15 is 0 Å². The number of benzene rings is 1. The predicted molar refractivity (Wildman–Crippen MR) is 120 cm³/mol. The summed E-state index contributed by atoms with van der Waals surface area (Å²) in [4.78, 5) is 14.2. The minimum absolute atomic E-state index is 0.0509. The van der Waals surface area contributed by atoms with Crippen LogP contribution in [0.5, 0.6) is 5.75 Å². The van der Waals surface area contributed by atoms with Gasteiger partial charge in [0, 0.05) is 16.4 Å². The molecule has 3 rings (SSSR count). The average molecular weight is 415 g/mol. The molecule has 4 heteroatoms. The molecule has 0 amide bonds. The van der Waals surface area contributed by atoms with Crippen molar-refractivity contribution >= 4 is 11.8 Å². The molecule has 158 valence electrons. The van der Waals surface area contributed by atoms with Gasteiger partial charge in [0.2, 0.25) is 0 Å². The number of aromatic hydroxyl groups is 1. The Labute approximate surface area is 178 Å². The van der Waals surface area contributed by atoms with Crippen LogP contribution >= 0.6 is 11.8 Å². The summed E-state index contributed by atoms with van der Waals surface area (Å²) in [6.07, 6.45) is 7.72. The summed E-state index contributed by atoms with van der Waals surface area (Å²) in [6, 6.07) is 9.76. The molecule has 1 aromatic carbocycles. The SMILES string of the molecule is CC(C)CCCC1(c2cc(O)c(Sc3ccccc3C(C)C)c(=O)o2)CCCC1. The van der Waals surface area contributed by atoms with Gasteiger partial charge in [-0.1, -0.05) is 83.3 Å². The normalized spacial score (nSPS) is 16.1. The van der Waals surface area contributed by atoms with Crippen LogP contribution < -0.4 is 5.63 Å². The van der Waals surface area contributed by atoms with E-state index in [1.165, 1.54) is 23.7 Å². The summed E-state index contributed by atoms with van der Waals surface area (Å²) in [5, 5.41) is 10.8. The van der Waals surface area contributed by atoms with E-state index in [0.717, 1.165) is 43.4 Å². The molecule has 1 aliphatic carbocycles. The van der Waals surface area contributed by atoms with Crippen molar-refractivity contribution in [3.8, 4) is 5.75 Å². The lowest BCUT2D eigenvalue weighted by Crippen LogP contribution is -2.24. The Morgan fingerprint density at radius 3 is 2.45 bits per heavy atom. The van der Waals surface area contributed by atoms with Gasteiger partial charge in [0.25, 0.3) is 0 Å². The van der Waals surface area contributed by atoms with Crippen molar-refractivity contribution in [2.24, 2.45) is 5.92 Å². The van der Waals surface area contributed by atoms with E-state index in [1.807, 2.05) is 18.2 Å². The van der Waals surface area contributed by atoms with Crippen molar-refractivity contribution in [3.05, 3.63) is 52.1 Å². The Hall–Kier alpha value is -1.68. The standard InChI is InChI=1S/C25H34O3S/c1-17(2)10-9-15-25(13-7-8-14-25)22-16-20(26)23(24(27)28-22)29-21-12-6-5-11-19(21)18(3)4/h5-6,11-12,16-18,26H,7-10,13-15H2,1-4H3. The summed E-state index contributed by atoms with van der Waals surface area (Å²) in [6.45, 7) is 8.75. The van der Waals surface area contributed by atoms with Crippen molar-refractivity contribution in [3.63, 3.8) is 0 Å². The van der Waals surface area contributed by atoms with Gasteiger partial charge in [-0.25, -0.2) is 4.79 Å². The zero-order valence-electron chi connectivity index (χ0n) is 18.2. The molecule has 0 atom stereocenters. The van der Waals surface area contributed by atoms with Gasteiger partial charge >= 0.3 is 5.63 Å². The van der Waals surface area contributed by atoms with Gasteiger partial charge in [0.05, 0.1) is 0 Å². The summed E-state index contributed by atoms with van der Waals surface area (Å²) in [7, 11) is 0. The monoisotopic (exact) mass is 414 g/mol. The lowest BCUT2D eigenvalue weighted by molar-refractivity contribution is 0.279. The van der Waals surface area contributed by atoms with Crippen LogP contribution in [-0.2, 0) is 5.41 Å². The van der Waals surface area contributed by atoms with E-state index in [0.29, 0.717) is 17.6 Å². The predicted octanol–water partition coefficient (Wildman–Crippen LogP) is 7.26. The van der Waals surface area contributed by atoms with Gasteiger partial charge in [-0.05, 0) is 42.7 Å². The number of hydrogen-bond donors (Lipinski definition) is 1. The van der Waals surface area contributed by atoms with Gasteiger partial charge in [-0.2, -0.15) is 0 Å². The first-order chi connectivity index (χ1) is 13.8. The molecule has 1 heterocycles. The first-order valence-corrected chi connectivity index (χ1v) is 11.8. The second-order valence-corrected chi connectivity index (χ2v) is 10.2. The van der Waals surface area contributed by atoms with Gasteiger partial charge in [0.1, 0.15) is 16.4 Å². The summed E-state index contributed by atoms with van der Waals surface area (Å²) >= 11 is 1.31. The molecular weight excluding hydrogens is 380 g/mol. The topological polar surface area (TPSA) is 50.4 Å². The van der Waals surface area contributed by atoms with E-state index < -0.39 is 5.63 Å². The number of rotatable bonds is 8. The van der Waals surface area contributed by atoms with Gasteiger partial charge in [-0.3, -0.25) is 0 Å². The quantitative estimate of drug-likeness (QED) is 0.494. The molecule has 1 fully saturated rings. The van der Waals surface area contributed by atoms with E-state index in [2.05, 4.69) is 33.8 Å². The van der Waals surface area contributed by atoms with Crippen molar-refractivity contribution in [2.45, 2.75) is 93.8 Å². The summed E-state index contributed by atoms with van der Waals surface area (Å²) in [5.41, 5.74) is 0.657. The van der Waals surface area contributed by atoms with Gasteiger partial charge in [0.15, 0.2) is 0 Å². The van der Waals surface area contributed by atoms with E-state index in [1.54, 1.807) is 6.07 Å². The molecule has 0 aliphatic heterocycles. The van der Waals surface area contributed by atoms with Crippen molar-refractivity contribution in [2.75, 3.05) is 0 Å². The molecule has 1 saturated carbocycles. The van der Waals surface area contributed by atoms with Crippen LogP contribution in [0.2, 0.25) is 0 Å². The summed E-state index contributed by atoms with van der Waals surface area (Å²) in [5.74, 6) is 1.75. The van der Waals surface area contributed by atoms with Crippen molar-refractivity contribution < 1.29 is 9.52 Å². The molecule has 3 nitrogen and oxygen atoms in total. The number of hydrogen-bond acceptors (Lipinski definition) is 4. The maximum Gasteiger partial charge on any atom is 0.353 e. The fourth-order valence-electron chi connectivity index (χ4n) is 4.51. The van der Waals surface area contributed by atoms with Crippen LogP contribution in [-0.4, -0.2) is 5.11 Å². The van der Waals surface area contributed by atoms with Crippen molar-refractivity contribution in [1.29, 1.82) is 0 Å². The maximum atomic E-state index is 12.9. The maximum absolute atomic E-state index is 12.9.